The Bertz CT molecular complexity index is 1060. The minimum atomic E-state index is -0.119. The molecule has 0 bridgehead atoms. The number of para-hydroxylation sites is 1. The van der Waals surface area contributed by atoms with E-state index in [9.17, 15) is 4.79 Å². The predicted octanol–water partition coefficient (Wildman–Crippen LogP) is 4.09. The standard InChI is InChI=1S/C18H15N3OS/c1-11(2)12-7-9-13(10-8-12)16-20-21-17(22)14-5-3-4-6-15(14)19-18(21)23-16/h3-11H,1-2H3. The van der Waals surface area contributed by atoms with Crippen molar-refractivity contribution < 1.29 is 0 Å². The highest BCUT2D eigenvalue weighted by molar-refractivity contribution is 7.19. The van der Waals surface area contributed by atoms with Gasteiger partial charge < -0.3 is 0 Å². The van der Waals surface area contributed by atoms with Crippen molar-refractivity contribution >= 4 is 27.2 Å². The first kappa shape index (κ1) is 14.1. The molecule has 2 aromatic carbocycles. The molecule has 23 heavy (non-hydrogen) atoms. The van der Waals surface area contributed by atoms with Crippen LogP contribution in [0, 0.1) is 0 Å². The van der Waals surface area contributed by atoms with E-state index in [-0.39, 0.29) is 5.56 Å². The van der Waals surface area contributed by atoms with Gasteiger partial charge in [-0.25, -0.2) is 4.98 Å². The number of aromatic nitrogens is 3. The average molecular weight is 321 g/mol. The zero-order valence-electron chi connectivity index (χ0n) is 12.9. The summed E-state index contributed by atoms with van der Waals surface area (Å²) in [5.74, 6) is 0.494. The van der Waals surface area contributed by atoms with Gasteiger partial charge in [-0.3, -0.25) is 4.79 Å². The van der Waals surface area contributed by atoms with Crippen LogP contribution in [-0.2, 0) is 0 Å². The molecule has 0 radical (unpaired) electrons. The lowest BCUT2D eigenvalue weighted by atomic mass is 10.0. The molecule has 0 aliphatic heterocycles. The highest BCUT2D eigenvalue weighted by Crippen LogP contribution is 2.26. The lowest BCUT2D eigenvalue weighted by Crippen LogP contribution is -2.14. The van der Waals surface area contributed by atoms with Gasteiger partial charge in [0.25, 0.3) is 5.56 Å². The molecule has 0 atom stereocenters. The molecule has 4 rings (SSSR count). The lowest BCUT2D eigenvalue weighted by Gasteiger charge is -2.04. The van der Waals surface area contributed by atoms with Crippen LogP contribution in [-0.4, -0.2) is 14.6 Å². The molecular formula is C18H15N3OS. The van der Waals surface area contributed by atoms with Crippen molar-refractivity contribution in [2.45, 2.75) is 19.8 Å². The fraction of sp³-hybridized carbons (Fsp3) is 0.167. The molecule has 4 aromatic rings. The van der Waals surface area contributed by atoms with Crippen molar-refractivity contribution in [2.24, 2.45) is 0 Å². The Hall–Kier alpha value is -2.53. The van der Waals surface area contributed by atoms with E-state index in [0.29, 0.717) is 21.8 Å². The molecule has 0 fully saturated rings. The highest BCUT2D eigenvalue weighted by Gasteiger charge is 2.12. The van der Waals surface area contributed by atoms with E-state index in [0.717, 1.165) is 10.6 Å². The normalized spacial score (nSPS) is 11.6. The largest absolute Gasteiger partial charge is 0.283 e. The fourth-order valence-corrected chi connectivity index (χ4v) is 3.49. The van der Waals surface area contributed by atoms with Crippen LogP contribution in [0.3, 0.4) is 0 Å². The Balaban J connectivity index is 1.90. The molecule has 4 nitrogen and oxygen atoms in total. The molecule has 2 heterocycles. The van der Waals surface area contributed by atoms with Crippen molar-refractivity contribution in [3.8, 4) is 10.6 Å². The van der Waals surface area contributed by atoms with Gasteiger partial charge in [-0.2, -0.15) is 9.61 Å². The summed E-state index contributed by atoms with van der Waals surface area (Å²) in [6, 6.07) is 15.7. The third-order valence-corrected chi connectivity index (χ3v) is 4.88. The van der Waals surface area contributed by atoms with Crippen LogP contribution in [0.15, 0.2) is 53.3 Å². The van der Waals surface area contributed by atoms with Gasteiger partial charge >= 0.3 is 0 Å². The van der Waals surface area contributed by atoms with Crippen LogP contribution < -0.4 is 5.56 Å². The smallest absolute Gasteiger partial charge is 0.267 e. The molecule has 114 valence electrons. The van der Waals surface area contributed by atoms with E-state index in [1.165, 1.54) is 21.4 Å². The average Bonchev–Trinajstić information content (AvgIpc) is 2.99. The van der Waals surface area contributed by atoms with Crippen molar-refractivity contribution in [1.29, 1.82) is 0 Å². The molecule has 0 saturated carbocycles. The third-order valence-electron chi connectivity index (χ3n) is 3.93. The van der Waals surface area contributed by atoms with E-state index in [1.807, 2.05) is 18.2 Å². The molecule has 0 spiro atoms. The zero-order valence-corrected chi connectivity index (χ0v) is 13.7. The van der Waals surface area contributed by atoms with E-state index in [2.05, 4.69) is 48.2 Å². The molecule has 0 unspecified atom stereocenters. The molecule has 5 heteroatoms. The molecule has 2 aromatic heterocycles. The summed E-state index contributed by atoms with van der Waals surface area (Å²) in [6.45, 7) is 4.34. The second kappa shape index (κ2) is 5.28. The summed E-state index contributed by atoms with van der Waals surface area (Å²) in [4.78, 5) is 17.7. The summed E-state index contributed by atoms with van der Waals surface area (Å²) < 4.78 is 1.40. The first-order valence-corrected chi connectivity index (χ1v) is 8.34. The van der Waals surface area contributed by atoms with Crippen molar-refractivity contribution in [1.82, 2.24) is 14.6 Å². The molecule has 0 amide bonds. The molecule has 0 N–H and O–H groups in total. The summed E-state index contributed by atoms with van der Waals surface area (Å²) in [7, 11) is 0. The maximum absolute atomic E-state index is 12.5. The minimum Gasteiger partial charge on any atom is -0.267 e. The number of hydrogen-bond acceptors (Lipinski definition) is 4. The van der Waals surface area contributed by atoms with Gasteiger partial charge in [0.1, 0.15) is 5.01 Å². The Kier molecular flexibility index (Phi) is 3.23. The van der Waals surface area contributed by atoms with E-state index in [4.69, 9.17) is 0 Å². The minimum absolute atomic E-state index is 0.119. The van der Waals surface area contributed by atoms with Crippen molar-refractivity contribution in [3.05, 3.63) is 64.4 Å². The Morgan fingerprint density at radius 1 is 1.04 bits per heavy atom. The quantitative estimate of drug-likeness (QED) is 0.558. The van der Waals surface area contributed by atoms with E-state index < -0.39 is 0 Å². The molecular weight excluding hydrogens is 306 g/mol. The van der Waals surface area contributed by atoms with E-state index >= 15 is 0 Å². The maximum atomic E-state index is 12.5. The van der Waals surface area contributed by atoms with Gasteiger partial charge in [-0.15, -0.1) is 0 Å². The Morgan fingerprint density at radius 3 is 2.52 bits per heavy atom. The molecule has 0 saturated heterocycles. The number of benzene rings is 2. The topological polar surface area (TPSA) is 47.3 Å². The number of fused-ring (bicyclic) bond motifs is 2. The maximum Gasteiger partial charge on any atom is 0.283 e. The molecule has 0 aliphatic carbocycles. The lowest BCUT2D eigenvalue weighted by molar-refractivity contribution is 0.866. The predicted molar refractivity (Wildman–Crippen MR) is 94.2 cm³/mol. The van der Waals surface area contributed by atoms with Gasteiger partial charge in [0.15, 0.2) is 0 Å². The second-order valence-corrected chi connectivity index (χ2v) is 6.77. The number of rotatable bonds is 2. The van der Waals surface area contributed by atoms with Crippen molar-refractivity contribution in [3.63, 3.8) is 0 Å². The molecule has 0 aliphatic rings. The SMILES string of the molecule is CC(C)c1ccc(-c2nn3c(=O)c4ccccc4nc3s2)cc1. The van der Waals surface area contributed by atoms with Gasteiger partial charge in [-0.1, -0.05) is 61.6 Å². The fourth-order valence-electron chi connectivity index (χ4n) is 2.58. The van der Waals surface area contributed by atoms with Crippen LogP contribution in [0.4, 0.5) is 0 Å². The van der Waals surface area contributed by atoms with Gasteiger partial charge in [-0.05, 0) is 23.6 Å². The second-order valence-electron chi connectivity index (χ2n) is 5.81. The first-order valence-electron chi connectivity index (χ1n) is 7.52. The third kappa shape index (κ3) is 2.33. The Morgan fingerprint density at radius 2 is 1.78 bits per heavy atom. The Labute approximate surface area is 137 Å². The van der Waals surface area contributed by atoms with Crippen molar-refractivity contribution in [2.75, 3.05) is 0 Å². The van der Waals surface area contributed by atoms with Crippen LogP contribution >= 0.6 is 11.3 Å². The number of nitrogens with zero attached hydrogens (tertiary/aromatic N) is 3. The van der Waals surface area contributed by atoms with Crippen LogP contribution in [0.2, 0.25) is 0 Å². The van der Waals surface area contributed by atoms with Crippen LogP contribution in [0.1, 0.15) is 25.3 Å². The van der Waals surface area contributed by atoms with Crippen LogP contribution in [0.5, 0.6) is 0 Å². The number of hydrogen-bond donors (Lipinski definition) is 0. The highest BCUT2D eigenvalue weighted by atomic mass is 32.1. The van der Waals surface area contributed by atoms with E-state index in [1.54, 1.807) is 6.07 Å². The monoisotopic (exact) mass is 321 g/mol. The summed E-state index contributed by atoms with van der Waals surface area (Å²) in [5.41, 5.74) is 2.89. The summed E-state index contributed by atoms with van der Waals surface area (Å²) in [6.07, 6.45) is 0. The summed E-state index contributed by atoms with van der Waals surface area (Å²) >= 11 is 1.43. The van der Waals surface area contributed by atoms with Crippen LogP contribution in [0.25, 0.3) is 26.4 Å². The van der Waals surface area contributed by atoms with Gasteiger partial charge in [0.05, 0.1) is 10.9 Å². The van der Waals surface area contributed by atoms with Gasteiger partial charge in [0.2, 0.25) is 4.96 Å². The zero-order chi connectivity index (χ0) is 16.0. The summed E-state index contributed by atoms with van der Waals surface area (Å²) in [5, 5.41) is 5.87. The first-order chi connectivity index (χ1) is 11.1. The van der Waals surface area contributed by atoms with Gasteiger partial charge in [0, 0.05) is 5.56 Å².